The summed E-state index contributed by atoms with van der Waals surface area (Å²) in [6.45, 7) is 6.06. The number of aromatic hydroxyl groups is 1. The quantitative estimate of drug-likeness (QED) is 0.820. The second-order valence-corrected chi connectivity index (χ2v) is 5.57. The molecule has 1 aromatic carbocycles. The summed E-state index contributed by atoms with van der Waals surface area (Å²) in [5.41, 5.74) is 4.46. The van der Waals surface area contributed by atoms with Crippen LogP contribution in [-0.4, -0.2) is 35.5 Å². The van der Waals surface area contributed by atoms with E-state index in [9.17, 15) is 18.0 Å². The number of phenols is 1. The molecule has 0 unspecified atom stereocenters. The molecule has 21 heavy (non-hydrogen) atoms. The maximum atomic E-state index is 13.8. The van der Waals surface area contributed by atoms with Crippen LogP contribution in [0.3, 0.4) is 0 Å². The lowest BCUT2D eigenvalue weighted by atomic mass is 9.93. The van der Waals surface area contributed by atoms with E-state index in [0.717, 1.165) is 0 Å². The highest BCUT2D eigenvalue weighted by atomic mass is 19.2. The normalized spacial score (nSPS) is 11.6. The zero-order valence-electron chi connectivity index (χ0n) is 12.2. The molecule has 1 aromatic rings. The Bertz CT molecular complexity index is 548. The Morgan fingerprint density at radius 1 is 1.33 bits per heavy atom. The van der Waals surface area contributed by atoms with Crippen LogP contribution in [0.25, 0.3) is 0 Å². The maximum Gasteiger partial charge on any atom is 0.257 e. The molecule has 0 radical (unpaired) electrons. The highest BCUT2D eigenvalue weighted by Gasteiger charge is 2.28. The van der Waals surface area contributed by atoms with E-state index in [4.69, 9.17) is 10.8 Å². The molecule has 4 nitrogen and oxygen atoms in total. The second kappa shape index (κ2) is 6.34. The van der Waals surface area contributed by atoms with E-state index >= 15 is 0 Å². The number of phenolic OH excluding ortho intramolecular Hbond substituents is 1. The van der Waals surface area contributed by atoms with Crippen molar-refractivity contribution >= 4 is 5.91 Å². The molecule has 0 spiro atoms. The number of rotatable bonds is 5. The summed E-state index contributed by atoms with van der Waals surface area (Å²) in [7, 11) is 0. The number of amides is 1. The zero-order chi connectivity index (χ0) is 16.4. The van der Waals surface area contributed by atoms with Gasteiger partial charge in [-0.3, -0.25) is 4.79 Å². The molecule has 1 rings (SSSR count). The van der Waals surface area contributed by atoms with Crippen molar-refractivity contribution in [3.8, 4) is 5.75 Å². The van der Waals surface area contributed by atoms with Crippen molar-refractivity contribution in [1.29, 1.82) is 0 Å². The topological polar surface area (TPSA) is 66.6 Å². The number of carbonyl (C=O) groups is 1. The van der Waals surface area contributed by atoms with E-state index in [2.05, 4.69) is 0 Å². The van der Waals surface area contributed by atoms with E-state index in [1.165, 1.54) is 4.90 Å². The molecule has 0 fully saturated rings. The third-order valence-electron chi connectivity index (χ3n) is 3.20. The Morgan fingerprint density at radius 3 is 2.38 bits per heavy atom. The van der Waals surface area contributed by atoms with Gasteiger partial charge in [-0.25, -0.2) is 8.78 Å². The van der Waals surface area contributed by atoms with Gasteiger partial charge < -0.3 is 15.7 Å². The summed E-state index contributed by atoms with van der Waals surface area (Å²) in [5, 5.41) is 9.17. The average Bonchev–Trinajstić information content (AvgIpc) is 2.45. The first-order valence-electron chi connectivity index (χ1n) is 6.50. The molecule has 0 saturated carbocycles. The monoisotopic (exact) mass is 304 g/mol. The summed E-state index contributed by atoms with van der Waals surface area (Å²) in [6, 6.07) is 0.449. The summed E-state index contributed by atoms with van der Waals surface area (Å²) in [5.74, 6) is -6.98. The third kappa shape index (κ3) is 3.66. The highest BCUT2D eigenvalue weighted by molar-refractivity contribution is 5.95. The van der Waals surface area contributed by atoms with E-state index in [1.807, 2.05) is 13.8 Å². The highest BCUT2D eigenvalue weighted by Crippen LogP contribution is 2.27. The summed E-state index contributed by atoms with van der Waals surface area (Å²) in [6.07, 6.45) is 0. The van der Waals surface area contributed by atoms with Crippen LogP contribution in [0.5, 0.6) is 5.75 Å². The van der Waals surface area contributed by atoms with Gasteiger partial charge in [-0.2, -0.15) is 4.39 Å². The fourth-order valence-corrected chi connectivity index (χ4v) is 1.82. The van der Waals surface area contributed by atoms with Crippen LogP contribution in [-0.2, 0) is 0 Å². The van der Waals surface area contributed by atoms with E-state index < -0.39 is 40.1 Å². The van der Waals surface area contributed by atoms with Crippen molar-refractivity contribution < 1.29 is 23.1 Å². The predicted molar refractivity (Wildman–Crippen MR) is 72.4 cm³/mol. The molecular weight excluding hydrogens is 285 g/mol. The summed E-state index contributed by atoms with van der Waals surface area (Å²) < 4.78 is 40.1. The number of halogens is 3. The van der Waals surface area contributed by atoms with E-state index in [0.29, 0.717) is 12.6 Å². The number of carbonyl (C=O) groups excluding carboxylic acids is 1. The number of hydrogen-bond acceptors (Lipinski definition) is 3. The molecule has 3 N–H and O–H groups in total. The molecule has 0 atom stereocenters. The minimum atomic E-state index is -1.71. The Balaban J connectivity index is 3.18. The molecule has 0 saturated heterocycles. The average molecular weight is 304 g/mol. The lowest BCUT2D eigenvalue weighted by Crippen LogP contribution is -2.42. The Morgan fingerprint density at radius 2 is 1.90 bits per heavy atom. The van der Waals surface area contributed by atoms with Crippen LogP contribution in [0.1, 0.15) is 31.1 Å². The molecule has 0 aliphatic rings. The first kappa shape index (κ1) is 17.3. The third-order valence-corrected chi connectivity index (χ3v) is 3.20. The van der Waals surface area contributed by atoms with E-state index in [1.54, 1.807) is 6.92 Å². The largest absolute Gasteiger partial charge is 0.503 e. The van der Waals surface area contributed by atoms with Crippen LogP contribution in [0.4, 0.5) is 13.2 Å². The minimum absolute atomic E-state index is 0.220. The summed E-state index contributed by atoms with van der Waals surface area (Å²) >= 11 is 0. The fraction of sp³-hybridized carbons (Fsp3) is 0.500. The molecule has 0 aliphatic carbocycles. The first-order valence-corrected chi connectivity index (χ1v) is 6.50. The Kier molecular flexibility index (Phi) is 5.22. The van der Waals surface area contributed by atoms with Gasteiger partial charge in [-0.1, -0.05) is 13.8 Å². The van der Waals surface area contributed by atoms with Crippen molar-refractivity contribution in [2.75, 3.05) is 19.6 Å². The molecule has 0 aliphatic heterocycles. The molecule has 7 heteroatoms. The van der Waals surface area contributed by atoms with Crippen molar-refractivity contribution in [3.63, 3.8) is 0 Å². The van der Waals surface area contributed by atoms with Gasteiger partial charge in [0.05, 0.1) is 5.56 Å². The maximum absolute atomic E-state index is 13.8. The summed E-state index contributed by atoms with van der Waals surface area (Å²) in [4.78, 5) is 13.5. The molecule has 1 amide bonds. The number of nitrogens with two attached hydrogens (primary N) is 1. The van der Waals surface area contributed by atoms with Crippen molar-refractivity contribution in [1.82, 2.24) is 4.90 Å². The van der Waals surface area contributed by atoms with Gasteiger partial charge in [0.25, 0.3) is 5.91 Å². The van der Waals surface area contributed by atoms with Gasteiger partial charge in [-0.05, 0) is 24.9 Å². The number of benzene rings is 1. The van der Waals surface area contributed by atoms with Crippen LogP contribution >= 0.6 is 0 Å². The van der Waals surface area contributed by atoms with Gasteiger partial charge in [0.15, 0.2) is 17.4 Å². The smallest absolute Gasteiger partial charge is 0.257 e. The standard InChI is InChI=1S/C14H19F3N2O2/c1-4-19(7-14(2,3)6-18)13(21)8-5-9(15)11(17)12(20)10(8)16/h5,20H,4,6-7,18H2,1-3H3. The van der Waals surface area contributed by atoms with E-state index in [-0.39, 0.29) is 13.1 Å². The lowest BCUT2D eigenvalue weighted by molar-refractivity contribution is 0.0694. The van der Waals surface area contributed by atoms with Gasteiger partial charge >= 0.3 is 0 Å². The molecule has 0 heterocycles. The fourth-order valence-electron chi connectivity index (χ4n) is 1.82. The van der Waals surface area contributed by atoms with Crippen LogP contribution in [0.15, 0.2) is 6.07 Å². The molecule has 118 valence electrons. The predicted octanol–water partition coefficient (Wildman–Crippen LogP) is 2.26. The van der Waals surface area contributed by atoms with Crippen LogP contribution in [0.2, 0.25) is 0 Å². The van der Waals surface area contributed by atoms with Crippen molar-refractivity contribution in [2.24, 2.45) is 11.1 Å². The number of nitrogens with zero attached hydrogens (tertiary/aromatic N) is 1. The van der Waals surface area contributed by atoms with Crippen LogP contribution < -0.4 is 5.73 Å². The molecule has 0 bridgehead atoms. The first-order chi connectivity index (χ1) is 9.64. The SMILES string of the molecule is CCN(CC(C)(C)CN)C(=O)c1cc(F)c(F)c(O)c1F. The second-order valence-electron chi connectivity index (χ2n) is 5.57. The minimum Gasteiger partial charge on any atom is -0.503 e. The van der Waals surface area contributed by atoms with Crippen LogP contribution in [0, 0.1) is 22.9 Å². The van der Waals surface area contributed by atoms with Crippen molar-refractivity contribution in [2.45, 2.75) is 20.8 Å². The lowest BCUT2D eigenvalue weighted by Gasteiger charge is -2.31. The zero-order valence-corrected chi connectivity index (χ0v) is 12.2. The van der Waals surface area contributed by atoms with Crippen molar-refractivity contribution in [3.05, 3.63) is 29.1 Å². The number of hydrogen-bond donors (Lipinski definition) is 2. The van der Waals surface area contributed by atoms with Gasteiger partial charge in [-0.15, -0.1) is 0 Å². The Hall–Kier alpha value is -1.76. The molecule has 0 aromatic heterocycles. The van der Waals surface area contributed by atoms with Gasteiger partial charge in [0.1, 0.15) is 0 Å². The molecular formula is C14H19F3N2O2. The van der Waals surface area contributed by atoms with Gasteiger partial charge in [0, 0.05) is 13.1 Å². The van der Waals surface area contributed by atoms with Gasteiger partial charge in [0.2, 0.25) is 5.82 Å². The Labute approximate surface area is 121 Å².